The maximum Gasteiger partial charge on any atom is 0.310 e. The van der Waals surface area contributed by atoms with E-state index in [2.05, 4.69) is 4.98 Å². The summed E-state index contributed by atoms with van der Waals surface area (Å²) in [6.07, 6.45) is 4.97. The van der Waals surface area contributed by atoms with E-state index in [1.807, 2.05) is 11.8 Å². The predicted octanol–water partition coefficient (Wildman–Crippen LogP) is 0.653. The third kappa shape index (κ3) is 2.77. The number of aryl methyl sites for hydroxylation is 1. The van der Waals surface area contributed by atoms with Crippen LogP contribution in [0.3, 0.4) is 0 Å². The lowest BCUT2D eigenvalue weighted by Gasteiger charge is -2.31. The fourth-order valence-electron chi connectivity index (χ4n) is 2.43. The standard InChI is InChI=1S/C13H19N3O3/c1-3-15-8-6-14-11(12(15)17)16-7-4-5-10(9-16)13(18)19-2/h6,8,10H,3-5,7,9H2,1-2H3. The van der Waals surface area contributed by atoms with E-state index in [4.69, 9.17) is 4.74 Å². The maximum absolute atomic E-state index is 12.2. The number of rotatable bonds is 3. The van der Waals surface area contributed by atoms with Crippen molar-refractivity contribution in [3.8, 4) is 0 Å². The van der Waals surface area contributed by atoms with Gasteiger partial charge in [-0.3, -0.25) is 9.59 Å². The zero-order valence-electron chi connectivity index (χ0n) is 11.3. The first-order valence-corrected chi connectivity index (χ1v) is 6.55. The Bertz CT molecular complexity index is 512. The maximum atomic E-state index is 12.2. The molecule has 19 heavy (non-hydrogen) atoms. The molecule has 6 nitrogen and oxygen atoms in total. The van der Waals surface area contributed by atoms with Gasteiger partial charge >= 0.3 is 5.97 Å². The Morgan fingerprint density at radius 2 is 2.37 bits per heavy atom. The van der Waals surface area contributed by atoms with Crippen LogP contribution in [0.4, 0.5) is 5.82 Å². The molecule has 1 atom stereocenters. The normalized spacial score (nSPS) is 19.3. The van der Waals surface area contributed by atoms with Gasteiger partial charge in [-0.2, -0.15) is 0 Å². The predicted molar refractivity (Wildman–Crippen MR) is 71.1 cm³/mol. The largest absolute Gasteiger partial charge is 0.469 e. The minimum atomic E-state index is -0.212. The van der Waals surface area contributed by atoms with Crippen LogP contribution in [0.15, 0.2) is 17.2 Å². The van der Waals surface area contributed by atoms with Crippen molar-refractivity contribution in [2.75, 3.05) is 25.1 Å². The molecule has 1 aliphatic rings. The van der Waals surface area contributed by atoms with Crippen molar-refractivity contribution in [3.05, 3.63) is 22.7 Å². The lowest BCUT2D eigenvalue weighted by molar-refractivity contribution is -0.145. The molecule has 0 radical (unpaired) electrons. The van der Waals surface area contributed by atoms with Gasteiger partial charge in [0.05, 0.1) is 13.0 Å². The Morgan fingerprint density at radius 1 is 1.58 bits per heavy atom. The van der Waals surface area contributed by atoms with Crippen molar-refractivity contribution in [2.24, 2.45) is 5.92 Å². The average molecular weight is 265 g/mol. The Kier molecular flexibility index (Phi) is 4.19. The summed E-state index contributed by atoms with van der Waals surface area (Å²) in [6, 6.07) is 0. The van der Waals surface area contributed by atoms with E-state index in [-0.39, 0.29) is 17.4 Å². The van der Waals surface area contributed by atoms with Gasteiger partial charge in [-0.1, -0.05) is 0 Å². The number of esters is 1. The molecule has 0 saturated carbocycles. The molecule has 0 amide bonds. The van der Waals surface area contributed by atoms with Crippen LogP contribution < -0.4 is 10.5 Å². The van der Waals surface area contributed by atoms with E-state index in [0.29, 0.717) is 18.9 Å². The van der Waals surface area contributed by atoms with Crippen LogP contribution in [0.1, 0.15) is 19.8 Å². The van der Waals surface area contributed by atoms with Crippen LogP contribution in [0.2, 0.25) is 0 Å². The molecule has 1 unspecified atom stereocenters. The number of ether oxygens (including phenoxy) is 1. The van der Waals surface area contributed by atoms with Gasteiger partial charge in [0.1, 0.15) is 0 Å². The van der Waals surface area contributed by atoms with Crippen molar-refractivity contribution in [2.45, 2.75) is 26.3 Å². The molecule has 0 aromatic carbocycles. The lowest BCUT2D eigenvalue weighted by Crippen LogP contribution is -2.42. The second-order valence-electron chi connectivity index (χ2n) is 4.65. The van der Waals surface area contributed by atoms with E-state index in [1.165, 1.54) is 7.11 Å². The van der Waals surface area contributed by atoms with Gasteiger partial charge in [0, 0.05) is 32.0 Å². The van der Waals surface area contributed by atoms with Crippen LogP contribution in [-0.4, -0.2) is 35.7 Å². The minimum Gasteiger partial charge on any atom is -0.469 e. The van der Waals surface area contributed by atoms with Gasteiger partial charge in [-0.25, -0.2) is 4.98 Å². The van der Waals surface area contributed by atoms with Crippen molar-refractivity contribution in [1.29, 1.82) is 0 Å². The van der Waals surface area contributed by atoms with E-state index in [0.717, 1.165) is 19.4 Å². The molecular formula is C13H19N3O3. The van der Waals surface area contributed by atoms with Crippen LogP contribution in [0, 0.1) is 5.92 Å². The Hall–Kier alpha value is -1.85. The number of nitrogens with zero attached hydrogens (tertiary/aromatic N) is 3. The topological polar surface area (TPSA) is 64.4 Å². The van der Waals surface area contributed by atoms with Crippen molar-refractivity contribution < 1.29 is 9.53 Å². The van der Waals surface area contributed by atoms with Crippen LogP contribution in [0.25, 0.3) is 0 Å². The van der Waals surface area contributed by atoms with Crippen LogP contribution >= 0.6 is 0 Å². The number of carbonyl (C=O) groups excluding carboxylic acids is 1. The SMILES string of the molecule is CCn1ccnc(N2CCCC(C(=O)OC)C2)c1=O. The van der Waals surface area contributed by atoms with Crippen LogP contribution in [0.5, 0.6) is 0 Å². The molecule has 1 saturated heterocycles. The Balaban J connectivity index is 2.22. The van der Waals surface area contributed by atoms with E-state index < -0.39 is 0 Å². The highest BCUT2D eigenvalue weighted by Crippen LogP contribution is 2.20. The van der Waals surface area contributed by atoms with E-state index in [1.54, 1.807) is 17.0 Å². The molecule has 1 aromatic heterocycles. The van der Waals surface area contributed by atoms with Crippen molar-refractivity contribution in [3.63, 3.8) is 0 Å². The second kappa shape index (κ2) is 5.86. The molecule has 0 aliphatic carbocycles. The fraction of sp³-hybridized carbons (Fsp3) is 0.615. The Labute approximate surface area is 112 Å². The molecule has 104 valence electrons. The zero-order chi connectivity index (χ0) is 13.8. The van der Waals surface area contributed by atoms with Gasteiger partial charge < -0.3 is 14.2 Å². The summed E-state index contributed by atoms with van der Waals surface area (Å²) < 4.78 is 6.39. The Morgan fingerprint density at radius 3 is 3.05 bits per heavy atom. The number of anilines is 1. The molecule has 2 heterocycles. The molecule has 0 bridgehead atoms. The fourth-order valence-corrected chi connectivity index (χ4v) is 2.43. The third-order valence-electron chi connectivity index (χ3n) is 3.49. The first-order chi connectivity index (χ1) is 9.17. The highest BCUT2D eigenvalue weighted by molar-refractivity contribution is 5.73. The van der Waals surface area contributed by atoms with Gasteiger partial charge in [-0.05, 0) is 19.8 Å². The van der Waals surface area contributed by atoms with E-state index >= 15 is 0 Å². The summed E-state index contributed by atoms with van der Waals surface area (Å²) in [5, 5.41) is 0. The number of carbonyl (C=O) groups is 1. The van der Waals surface area contributed by atoms with Crippen molar-refractivity contribution in [1.82, 2.24) is 9.55 Å². The highest BCUT2D eigenvalue weighted by Gasteiger charge is 2.28. The van der Waals surface area contributed by atoms with Gasteiger partial charge in [-0.15, -0.1) is 0 Å². The van der Waals surface area contributed by atoms with Crippen LogP contribution in [-0.2, 0) is 16.1 Å². The number of hydrogen-bond donors (Lipinski definition) is 0. The summed E-state index contributed by atoms with van der Waals surface area (Å²) in [4.78, 5) is 29.8. The number of aromatic nitrogens is 2. The van der Waals surface area contributed by atoms with Gasteiger partial charge in [0.15, 0.2) is 5.82 Å². The smallest absolute Gasteiger partial charge is 0.310 e. The molecular weight excluding hydrogens is 246 g/mol. The van der Waals surface area contributed by atoms with Gasteiger partial charge in [0.25, 0.3) is 5.56 Å². The summed E-state index contributed by atoms with van der Waals surface area (Å²) in [5.41, 5.74) is -0.101. The summed E-state index contributed by atoms with van der Waals surface area (Å²) >= 11 is 0. The molecule has 0 N–H and O–H groups in total. The highest BCUT2D eigenvalue weighted by atomic mass is 16.5. The summed E-state index contributed by atoms with van der Waals surface area (Å²) in [5.74, 6) is 0.0460. The number of methoxy groups -OCH3 is 1. The average Bonchev–Trinajstić information content (AvgIpc) is 2.46. The molecule has 2 rings (SSSR count). The molecule has 6 heteroatoms. The molecule has 1 aliphatic heterocycles. The first-order valence-electron chi connectivity index (χ1n) is 6.55. The first kappa shape index (κ1) is 13.6. The zero-order valence-corrected chi connectivity index (χ0v) is 11.3. The lowest BCUT2D eigenvalue weighted by atomic mass is 9.98. The molecule has 1 aromatic rings. The van der Waals surface area contributed by atoms with E-state index in [9.17, 15) is 9.59 Å². The quantitative estimate of drug-likeness (QED) is 0.751. The van der Waals surface area contributed by atoms with Crippen molar-refractivity contribution >= 4 is 11.8 Å². The molecule has 1 fully saturated rings. The summed E-state index contributed by atoms with van der Waals surface area (Å²) in [7, 11) is 1.39. The minimum absolute atomic E-state index is 0.101. The van der Waals surface area contributed by atoms with Gasteiger partial charge in [0.2, 0.25) is 0 Å². The summed E-state index contributed by atoms with van der Waals surface area (Å²) in [6.45, 7) is 3.79. The number of hydrogen-bond acceptors (Lipinski definition) is 5. The third-order valence-corrected chi connectivity index (χ3v) is 3.49. The second-order valence-corrected chi connectivity index (χ2v) is 4.65. The molecule has 0 spiro atoms. The monoisotopic (exact) mass is 265 g/mol. The number of piperidine rings is 1.